The smallest absolute Gasteiger partial charge is 0.303 e. The maximum absolute atomic E-state index is 11.6. The topological polar surface area (TPSA) is 93.3 Å². The first-order valence-electron chi connectivity index (χ1n) is 7.17. The van der Waals surface area contributed by atoms with Crippen LogP contribution in [-0.4, -0.2) is 26.8 Å². The third kappa shape index (κ3) is 5.07. The van der Waals surface area contributed by atoms with Gasteiger partial charge in [0.05, 0.1) is 19.0 Å². The molecule has 0 aliphatic rings. The first kappa shape index (κ1) is 16.4. The highest BCUT2D eigenvalue weighted by Gasteiger charge is 2.11. The number of ketones is 1. The van der Waals surface area contributed by atoms with E-state index in [1.807, 2.05) is 6.92 Å². The summed E-state index contributed by atoms with van der Waals surface area (Å²) in [5, 5.41) is 9.28. The van der Waals surface area contributed by atoms with Gasteiger partial charge in [-0.25, -0.2) is 9.97 Å². The average Bonchev–Trinajstić information content (AvgIpc) is 3.11. The number of carbonyl (C=O) groups excluding carboxylic acids is 1. The van der Waals surface area contributed by atoms with Gasteiger partial charge in [0.2, 0.25) is 0 Å². The molecule has 0 amide bonds. The number of thiazole rings is 1. The molecule has 0 radical (unpaired) electrons. The number of aliphatic carboxylic acids is 1. The van der Waals surface area contributed by atoms with Crippen molar-refractivity contribution in [1.82, 2.24) is 9.97 Å². The van der Waals surface area contributed by atoms with Crippen LogP contribution >= 0.6 is 11.3 Å². The van der Waals surface area contributed by atoms with E-state index in [0.29, 0.717) is 12.3 Å². The zero-order chi connectivity index (χ0) is 15.9. The van der Waals surface area contributed by atoms with Crippen molar-refractivity contribution < 1.29 is 19.1 Å². The molecule has 2 aromatic rings. The second-order valence-electron chi connectivity index (χ2n) is 4.90. The molecule has 6 nitrogen and oxygen atoms in total. The first-order chi connectivity index (χ1) is 10.6. The van der Waals surface area contributed by atoms with E-state index in [1.54, 1.807) is 12.4 Å². The normalized spacial score (nSPS) is 10.8. The lowest BCUT2D eigenvalue weighted by atomic mass is 10.2. The minimum Gasteiger partial charge on any atom is -0.481 e. The lowest BCUT2D eigenvalue weighted by Crippen LogP contribution is -2.05. The summed E-state index contributed by atoms with van der Waals surface area (Å²) in [6, 6.07) is 0. The molecule has 0 aromatic carbocycles. The molecule has 0 bridgehead atoms. The van der Waals surface area contributed by atoms with E-state index in [1.165, 1.54) is 11.3 Å². The Hall–Kier alpha value is -2.02. The molecule has 0 saturated carbocycles. The molecule has 0 fully saturated rings. The fourth-order valence-corrected chi connectivity index (χ4v) is 2.86. The van der Waals surface area contributed by atoms with Crippen LogP contribution in [0.5, 0.6) is 0 Å². The van der Waals surface area contributed by atoms with Crippen LogP contribution in [0.15, 0.2) is 16.8 Å². The van der Waals surface area contributed by atoms with Crippen molar-refractivity contribution in [2.45, 2.75) is 45.4 Å². The van der Waals surface area contributed by atoms with Crippen molar-refractivity contribution in [3.8, 4) is 0 Å². The SMILES string of the molecule is CCc1cnc(CCc2cnc(CC(=O)CCC(=O)O)s2)o1. The van der Waals surface area contributed by atoms with Crippen LogP contribution in [0.2, 0.25) is 0 Å². The third-order valence-corrected chi connectivity index (χ3v) is 4.16. The number of carboxylic acids is 1. The number of aryl methyl sites for hydroxylation is 3. The largest absolute Gasteiger partial charge is 0.481 e. The molecular formula is C15H18N2O4S. The van der Waals surface area contributed by atoms with Crippen molar-refractivity contribution in [2.75, 3.05) is 0 Å². The van der Waals surface area contributed by atoms with Crippen LogP contribution in [0.4, 0.5) is 0 Å². The Morgan fingerprint density at radius 3 is 2.73 bits per heavy atom. The van der Waals surface area contributed by atoms with E-state index in [4.69, 9.17) is 9.52 Å². The van der Waals surface area contributed by atoms with Gasteiger partial charge in [0.15, 0.2) is 5.89 Å². The Bertz CT molecular complexity index is 648. The van der Waals surface area contributed by atoms with Crippen LogP contribution in [-0.2, 0) is 35.3 Å². The first-order valence-corrected chi connectivity index (χ1v) is 7.99. The molecule has 1 N–H and O–H groups in total. The highest BCUT2D eigenvalue weighted by molar-refractivity contribution is 7.11. The Labute approximate surface area is 132 Å². The zero-order valence-corrected chi connectivity index (χ0v) is 13.2. The summed E-state index contributed by atoms with van der Waals surface area (Å²) in [5.74, 6) is 0.544. The molecule has 118 valence electrons. The van der Waals surface area contributed by atoms with E-state index in [0.717, 1.165) is 28.5 Å². The van der Waals surface area contributed by atoms with E-state index in [-0.39, 0.29) is 25.0 Å². The van der Waals surface area contributed by atoms with E-state index >= 15 is 0 Å². The molecule has 0 aliphatic carbocycles. The predicted octanol–water partition coefficient (Wildman–Crippen LogP) is 2.46. The monoisotopic (exact) mass is 322 g/mol. The third-order valence-electron chi connectivity index (χ3n) is 3.10. The van der Waals surface area contributed by atoms with Crippen molar-refractivity contribution in [3.63, 3.8) is 0 Å². The molecule has 2 heterocycles. The average molecular weight is 322 g/mol. The molecule has 7 heteroatoms. The van der Waals surface area contributed by atoms with Gasteiger partial charge in [0.25, 0.3) is 0 Å². The number of hydrogen-bond donors (Lipinski definition) is 1. The van der Waals surface area contributed by atoms with Gasteiger partial charge in [-0.1, -0.05) is 6.92 Å². The number of nitrogens with zero attached hydrogens (tertiary/aromatic N) is 2. The van der Waals surface area contributed by atoms with Crippen molar-refractivity contribution in [1.29, 1.82) is 0 Å². The van der Waals surface area contributed by atoms with Gasteiger partial charge in [-0.05, 0) is 6.42 Å². The van der Waals surface area contributed by atoms with Crippen molar-refractivity contribution >= 4 is 23.1 Å². The van der Waals surface area contributed by atoms with Crippen LogP contribution in [0.1, 0.15) is 41.3 Å². The number of Topliss-reactive ketones (excluding diaryl/α,β-unsaturated/α-hetero) is 1. The molecule has 2 aromatic heterocycles. The second-order valence-corrected chi connectivity index (χ2v) is 6.10. The van der Waals surface area contributed by atoms with Gasteiger partial charge in [-0.3, -0.25) is 9.59 Å². The number of rotatable bonds is 9. The van der Waals surface area contributed by atoms with Crippen molar-refractivity contribution in [2.24, 2.45) is 0 Å². The number of carboxylic acid groups (broad SMARTS) is 1. The standard InChI is InChI=1S/C15H18N2O4S/c1-2-11-8-16-13(21-11)5-4-12-9-17-14(22-12)7-10(18)3-6-15(19)20/h8-9H,2-7H2,1H3,(H,19,20). The summed E-state index contributed by atoms with van der Waals surface area (Å²) < 4.78 is 5.54. The van der Waals surface area contributed by atoms with Gasteiger partial charge in [-0.2, -0.15) is 0 Å². The Kier molecular flexibility index (Phi) is 5.83. The summed E-state index contributed by atoms with van der Waals surface area (Å²) in [6.45, 7) is 2.02. The summed E-state index contributed by atoms with van der Waals surface area (Å²) in [6.07, 6.45) is 5.94. The van der Waals surface area contributed by atoms with Crippen LogP contribution in [0.25, 0.3) is 0 Å². The molecule has 2 rings (SSSR count). The molecule has 22 heavy (non-hydrogen) atoms. The summed E-state index contributed by atoms with van der Waals surface area (Å²) in [7, 11) is 0. The molecule has 0 spiro atoms. The minimum absolute atomic E-state index is 0.0559. The maximum Gasteiger partial charge on any atom is 0.303 e. The van der Waals surface area contributed by atoms with E-state index in [2.05, 4.69) is 9.97 Å². The highest BCUT2D eigenvalue weighted by Crippen LogP contribution is 2.17. The van der Waals surface area contributed by atoms with Gasteiger partial charge in [-0.15, -0.1) is 11.3 Å². The van der Waals surface area contributed by atoms with Crippen LogP contribution in [0.3, 0.4) is 0 Å². The van der Waals surface area contributed by atoms with Crippen LogP contribution in [0, 0.1) is 0 Å². The predicted molar refractivity (Wildman–Crippen MR) is 81.0 cm³/mol. The maximum atomic E-state index is 11.6. The van der Waals surface area contributed by atoms with Crippen LogP contribution < -0.4 is 0 Å². The lowest BCUT2D eigenvalue weighted by molar-refractivity contribution is -0.138. The van der Waals surface area contributed by atoms with Crippen molar-refractivity contribution in [3.05, 3.63) is 33.9 Å². The molecule has 0 atom stereocenters. The summed E-state index contributed by atoms with van der Waals surface area (Å²) >= 11 is 1.48. The number of carbonyl (C=O) groups is 2. The minimum atomic E-state index is -0.953. The van der Waals surface area contributed by atoms with Gasteiger partial charge < -0.3 is 9.52 Å². The Morgan fingerprint density at radius 2 is 2.05 bits per heavy atom. The fourth-order valence-electron chi connectivity index (χ4n) is 1.91. The van der Waals surface area contributed by atoms with Gasteiger partial charge in [0.1, 0.15) is 16.6 Å². The molecule has 0 unspecified atom stereocenters. The zero-order valence-electron chi connectivity index (χ0n) is 12.4. The quantitative estimate of drug-likeness (QED) is 0.762. The number of hydrogen-bond acceptors (Lipinski definition) is 6. The summed E-state index contributed by atoms with van der Waals surface area (Å²) in [4.78, 5) is 31.5. The molecule has 0 saturated heterocycles. The number of aromatic nitrogens is 2. The fraction of sp³-hybridized carbons (Fsp3) is 0.467. The second kappa shape index (κ2) is 7.84. The van der Waals surface area contributed by atoms with E-state index in [9.17, 15) is 9.59 Å². The Balaban J connectivity index is 1.80. The number of oxazole rings is 1. The highest BCUT2D eigenvalue weighted by atomic mass is 32.1. The molecule has 0 aliphatic heterocycles. The lowest BCUT2D eigenvalue weighted by Gasteiger charge is -1.95. The molecular weight excluding hydrogens is 304 g/mol. The Morgan fingerprint density at radius 1 is 1.23 bits per heavy atom. The van der Waals surface area contributed by atoms with Gasteiger partial charge in [0, 0.05) is 30.3 Å². The summed E-state index contributed by atoms with van der Waals surface area (Å²) in [5.41, 5.74) is 0. The van der Waals surface area contributed by atoms with E-state index < -0.39 is 5.97 Å². The van der Waals surface area contributed by atoms with Gasteiger partial charge >= 0.3 is 5.97 Å².